The average molecular weight is 364 g/mol. The molecule has 0 saturated carbocycles. The number of methoxy groups -OCH3 is 1. The summed E-state index contributed by atoms with van der Waals surface area (Å²) in [5.74, 6) is 0. The van der Waals surface area contributed by atoms with Crippen LogP contribution in [0.2, 0.25) is 0 Å². The number of nitrogens with one attached hydrogen (secondary N) is 1. The first-order valence-electron chi connectivity index (χ1n) is 7.31. The van der Waals surface area contributed by atoms with Crippen molar-refractivity contribution in [1.29, 1.82) is 0 Å². The van der Waals surface area contributed by atoms with Gasteiger partial charge in [0.2, 0.25) is 0 Å². The first-order valence-corrected chi connectivity index (χ1v) is 8.80. The molecule has 2 rings (SSSR count). The first kappa shape index (κ1) is 19.0. The minimum atomic E-state index is -4.28. The Morgan fingerprint density at radius 2 is 2.04 bits per heavy atom. The van der Waals surface area contributed by atoms with Crippen LogP contribution in [0.15, 0.2) is 15.8 Å². The highest BCUT2D eigenvalue weighted by Gasteiger charge is 2.49. The van der Waals surface area contributed by atoms with Crippen LogP contribution >= 0.6 is 7.82 Å². The summed E-state index contributed by atoms with van der Waals surface area (Å²) >= 11 is 0. The minimum absolute atomic E-state index is 0.315. The van der Waals surface area contributed by atoms with Crippen molar-refractivity contribution in [3.63, 3.8) is 0 Å². The highest BCUT2D eigenvalue weighted by atomic mass is 31.2. The molecule has 5 atom stereocenters. The molecule has 11 heteroatoms. The predicted molar refractivity (Wildman–Crippen MR) is 82.8 cm³/mol. The zero-order valence-corrected chi connectivity index (χ0v) is 14.7. The van der Waals surface area contributed by atoms with Crippen LogP contribution < -0.4 is 11.2 Å². The molecule has 0 radical (unpaired) electrons. The van der Waals surface area contributed by atoms with Gasteiger partial charge in [0.1, 0.15) is 12.2 Å². The summed E-state index contributed by atoms with van der Waals surface area (Å²) in [6.07, 6.45) is -1.52. The van der Waals surface area contributed by atoms with Crippen molar-refractivity contribution in [2.75, 3.05) is 14.2 Å². The number of aromatic amines is 1. The van der Waals surface area contributed by atoms with E-state index in [4.69, 9.17) is 14.0 Å². The zero-order chi connectivity index (χ0) is 18.1. The molecule has 1 aliphatic heterocycles. The lowest BCUT2D eigenvalue weighted by molar-refractivity contribution is -0.0543. The summed E-state index contributed by atoms with van der Waals surface area (Å²) in [4.78, 5) is 35.4. The highest BCUT2D eigenvalue weighted by Crippen LogP contribution is 2.48. The van der Waals surface area contributed by atoms with E-state index in [0.29, 0.717) is 12.0 Å². The molecule has 0 bridgehead atoms. The van der Waals surface area contributed by atoms with Crippen molar-refractivity contribution in [2.24, 2.45) is 0 Å². The standard InChI is InChI=1S/C13H21N2O8P/c1-5-8-9(23-24(18,19)21-4)10(20-3)12(22-8)15-6-7(2)11(16)14-13(15)17/h6,8-10,12H,5H2,1-4H3,(H,18,19)(H,14,16,17)/t8-,9?,10+,12-/m1/s1. The quantitative estimate of drug-likeness (QED) is 0.690. The second-order valence-corrected chi connectivity index (χ2v) is 6.89. The van der Waals surface area contributed by atoms with Crippen molar-refractivity contribution in [3.05, 3.63) is 32.6 Å². The molecule has 1 saturated heterocycles. The number of hydrogen-bond donors (Lipinski definition) is 2. The molecular formula is C13H21N2O8P. The van der Waals surface area contributed by atoms with Gasteiger partial charge in [0.05, 0.1) is 6.10 Å². The second kappa shape index (κ2) is 7.30. The smallest absolute Gasteiger partial charge is 0.374 e. The van der Waals surface area contributed by atoms with Crippen LogP contribution in [0.5, 0.6) is 0 Å². The lowest BCUT2D eigenvalue weighted by Gasteiger charge is -2.24. The largest absolute Gasteiger partial charge is 0.472 e. The Morgan fingerprint density at radius 3 is 2.58 bits per heavy atom. The minimum Gasteiger partial charge on any atom is -0.374 e. The number of hydrogen-bond acceptors (Lipinski definition) is 7. The van der Waals surface area contributed by atoms with Gasteiger partial charge < -0.3 is 14.4 Å². The Hall–Kier alpha value is -1.29. The van der Waals surface area contributed by atoms with Crippen molar-refractivity contribution < 1.29 is 28.0 Å². The lowest BCUT2D eigenvalue weighted by atomic mass is 10.1. The SMILES string of the molecule is CC[C@H]1O[C@@H](n2cc(C)c(=O)[nH]c2=O)[C@@H](OC)C1OP(=O)(O)OC. The fraction of sp³-hybridized carbons (Fsp3) is 0.692. The predicted octanol–water partition coefficient (Wildman–Crippen LogP) is 0.299. The third kappa shape index (κ3) is 3.69. The summed E-state index contributed by atoms with van der Waals surface area (Å²) < 4.78 is 33.7. The van der Waals surface area contributed by atoms with E-state index in [9.17, 15) is 19.0 Å². The van der Waals surface area contributed by atoms with E-state index in [1.54, 1.807) is 13.8 Å². The number of ether oxygens (including phenoxy) is 2. The number of nitrogens with zero attached hydrogens (tertiary/aromatic N) is 1. The Bertz CT molecular complexity index is 744. The van der Waals surface area contributed by atoms with E-state index in [1.807, 2.05) is 0 Å². The summed E-state index contributed by atoms with van der Waals surface area (Å²) in [7, 11) is -1.86. The van der Waals surface area contributed by atoms with E-state index in [2.05, 4.69) is 9.51 Å². The number of phosphoric acid groups is 1. The molecule has 2 unspecified atom stereocenters. The van der Waals surface area contributed by atoms with Gasteiger partial charge in [-0.25, -0.2) is 9.36 Å². The summed E-state index contributed by atoms with van der Waals surface area (Å²) in [5.41, 5.74) is -0.857. The van der Waals surface area contributed by atoms with Gasteiger partial charge in [-0.1, -0.05) is 6.92 Å². The Kier molecular flexibility index (Phi) is 5.79. The monoisotopic (exact) mass is 364 g/mol. The van der Waals surface area contributed by atoms with Crippen LogP contribution in [0.1, 0.15) is 25.1 Å². The molecule has 0 aromatic carbocycles. The molecule has 1 aliphatic rings. The average Bonchev–Trinajstić information content (AvgIpc) is 2.87. The molecule has 10 nitrogen and oxygen atoms in total. The van der Waals surface area contributed by atoms with Crippen LogP contribution in [0.3, 0.4) is 0 Å². The summed E-state index contributed by atoms with van der Waals surface area (Å²) in [5, 5.41) is 0. The van der Waals surface area contributed by atoms with Crippen LogP contribution in [0, 0.1) is 6.92 Å². The van der Waals surface area contributed by atoms with Gasteiger partial charge in [-0.3, -0.25) is 23.4 Å². The van der Waals surface area contributed by atoms with Gasteiger partial charge >= 0.3 is 13.5 Å². The van der Waals surface area contributed by atoms with E-state index in [0.717, 1.165) is 7.11 Å². The van der Waals surface area contributed by atoms with Crippen molar-refractivity contribution in [1.82, 2.24) is 9.55 Å². The van der Waals surface area contributed by atoms with Crippen LogP contribution in [0.4, 0.5) is 0 Å². The van der Waals surface area contributed by atoms with Crippen LogP contribution in [-0.4, -0.2) is 47.0 Å². The van der Waals surface area contributed by atoms with Gasteiger partial charge in [0.15, 0.2) is 6.23 Å². The van der Waals surface area contributed by atoms with Gasteiger partial charge in [-0.15, -0.1) is 0 Å². The summed E-state index contributed by atoms with van der Waals surface area (Å²) in [6, 6.07) is 0. The Balaban J connectivity index is 2.42. The molecule has 24 heavy (non-hydrogen) atoms. The van der Waals surface area contributed by atoms with Crippen molar-refractivity contribution in [3.8, 4) is 0 Å². The molecule has 1 fully saturated rings. The van der Waals surface area contributed by atoms with E-state index in [-0.39, 0.29) is 0 Å². The Labute approximate surface area is 137 Å². The lowest BCUT2D eigenvalue weighted by Crippen LogP contribution is -2.40. The van der Waals surface area contributed by atoms with E-state index < -0.39 is 43.6 Å². The molecule has 0 aliphatic carbocycles. The number of H-pyrrole nitrogens is 1. The molecule has 0 amide bonds. The number of aromatic nitrogens is 2. The fourth-order valence-corrected chi connectivity index (χ4v) is 3.26. The van der Waals surface area contributed by atoms with Gasteiger partial charge in [0.25, 0.3) is 5.56 Å². The van der Waals surface area contributed by atoms with Crippen molar-refractivity contribution in [2.45, 2.75) is 44.8 Å². The maximum atomic E-state index is 12.1. The zero-order valence-electron chi connectivity index (χ0n) is 13.8. The first-order chi connectivity index (χ1) is 11.2. The molecule has 1 aromatic rings. The molecule has 136 valence electrons. The van der Waals surface area contributed by atoms with Gasteiger partial charge in [-0.2, -0.15) is 0 Å². The van der Waals surface area contributed by atoms with E-state index in [1.165, 1.54) is 17.9 Å². The number of aryl methyl sites for hydroxylation is 1. The Morgan fingerprint density at radius 1 is 1.38 bits per heavy atom. The maximum Gasteiger partial charge on any atom is 0.472 e. The van der Waals surface area contributed by atoms with Crippen molar-refractivity contribution >= 4 is 7.82 Å². The normalized spacial score (nSPS) is 29.5. The molecule has 2 heterocycles. The molecule has 0 spiro atoms. The highest BCUT2D eigenvalue weighted by molar-refractivity contribution is 7.47. The summed E-state index contributed by atoms with van der Waals surface area (Å²) in [6.45, 7) is 3.34. The maximum absolute atomic E-state index is 12.1. The van der Waals surface area contributed by atoms with Gasteiger partial charge in [0, 0.05) is 26.0 Å². The molecule has 1 aromatic heterocycles. The molecular weight excluding hydrogens is 343 g/mol. The number of phosphoric ester groups is 1. The third-order valence-corrected chi connectivity index (χ3v) is 4.84. The topological polar surface area (TPSA) is 129 Å². The fourth-order valence-electron chi connectivity index (χ4n) is 2.61. The third-order valence-electron chi connectivity index (χ3n) is 3.87. The van der Waals surface area contributed by atoms with Crippen LogP contribution in [-0.2, 0) is 23.1 Å². The number of rotatable bonds is 6. The van der Waals surface area contributed by atoms with Gasteiger partial charge in [-0.05, 0) is 13.3 Å². The molecule has 2 N–H and O–H groups in total. The van der Waals surface area contributed by atoms with Crippen LogP contribution in [0.25, 0.3) is 0 Å². The second-order valence-electron chi connectivity index (χ2n) is 5.37. The van der Waals surface area contributed by atoms with E-state index >= 15 is 0 Å².